The number of rotatable bonds is 2. The van der Waals surface area contributed by atoms with Crippen molar-refractivity contribution in [1.82, 2.24) is 4.90 Å². The second-order valence-corrected chi connectivity index (χ2v) is 7.84. The van der Waals surface area contributed by atoms with Gasteiger partial charge in [0.25, 0.3) is 5.91 Å². The molecule has 3 aromatic rings. The van der Waals surface area contributed by atoms with Crippen LogP contribution < -0.4 is 0 Å². The fraction of sp³-hybridized carbons (Fsp3) is 0.200. The highest BCUT2D eigenvalue weighted by Crippen LogP contribution is 2.43. The molecule has 0 aromatic heterocycles. The van der Waals surface area contributed by atoms with Crippen LogP contribution in [0.5, 0.6) is 0 Å². The molecule has 0 radical (unpaired) electrons. The van der Waals surface area contributed by atoms with Crippen molar-refractivity contribution in [3.8, 4) is 11.1 Å². The minimum absolute atomic E-state index is 0.0832. The van der Waals surface area contributed by atoms with Gasteiger partial charge in [0.1, 0.15) is 5.82 Å². The van der Waals surface area contributed by atoms with Gasteiger partial charge in [-0.05, 0) is 54.3 Å². The van der Waals surface area contributed by atoms with Crippen LogP contribution in [0.15, 0.2) is 72.8 Å². The molecule has 3 aromatic carbocycles. The number of hydrogen-bond donors (Lipinski definition) is 0. The van der Waals surface area contributed by atoms with Gasteiger partial charge in [-0.25, -0.2) is 9.18 Å². The van der Waals surface area contributed by atoms with E-state index in [-0.39, 0.29) is 17.7 Å². The number of halogens is 1. The highest BCUT2D eigenvalue weighted by atomic mass is 19.1. The molecule has 4 nitrogen and oxygen atoms in total. The highest BCUT2D eigenvalue weighted by molar-refractivity contribution is 5.96. The lowest BCUT2D eigenvalue weighted by Crippen LogP contribution is -2.48. The molecule has 0 bridgehead atoms. The molecule has 1 fully saturated rings. The first-order valence-electron chi connectivity index (χ1n) is 10.0. The minimum atomic E-state index is -0.754. The van der Waals surface area contributed by atoms with E-state index in [1.165, 1.54) is 12.1 Å². The molecular formula is C25H20FNO3. The molecule has 0 N–H and O–H groups in total. The van der Waals surface area contributed by atoms with Crippen LogP contribution in [0.4, 0.5) is 4.39 Å². The molecular weight excluding hydrogens is 381 g/mol. The Bertz CT molecular complexity index is 1120. The van der Waals surface area contributed by atoms with Crippen molar-refractivity contribution < 1.29 is 18.7 Å². The van der Waals surface area contributed by atoms with Gasteiger partial charge in [0.15, 0.2) is 5.60 Å². The van der Waals surface area contributed by atoms with Crippen LogP contribution in [0.1, 0.15) is 39.1 Å². The number of ether oxygens (including phenoxy) is 1. The van der Waals surface area contributed by atoms with Crippen LogP contribution >= 0.6 is 0 Å². The fourth-order valence-corrected chi connectivity index (χ4v) is 4.47. The summed E-state index contributed by atoms with van der Waals surface area (Å²) >= 11 is 0. The molecule has 1 atom stereocenters. The second kappa shape index (κ2) is 7.10. The van der Waals surface area contributed by atoms with Crippen LogP contribution in [0.3, 0.4) is 0 Å². The van der Waals surface area contributed by atoms with E-state index in [2.05, 4.69) is 0 Å². The van der Waals surface area contributed by atoms with Gasteiger partial charge < -0.3 is 9.64 Å². The third kappa shape index (κ3) is 3.07. The molecule has 5 heteroatoms. The summed E-state index contributed by atoms with van der Waals surface area (Å²) in [5.74, 6) is -0.678. The van der Waals surface area contributed by atoms with Gasteiger partial charge in [0.05, 0.1) is 12.1 Å². The van der Waals surface area contributed by atoms with E-state index in [4.69, 9.17) is 4.74 Å². The number of carbonyl (C=O) groups excluding carboxylic acids is 2. The van der Waals surface area contributed by atoms with E-state index in [0.29, 0.717) is 30.6 Å². The molecule has 2 aliphatic rings. The SMILES string of the molecule is O=C1OC2(CCCN(C(=O)c3ccc(-c4ccc(F)cc4)cc3)C2)c2ccccc21. The van der Waals surface area contributed by atoms with Crippen LogP contribution in [-0.4, -0.2) is 29.9 Å². The van der Waals surface area contributed by atoms with E-state index >= 15 is 0 Å². The first kappa shape index (κ1) is 18.6. The number of esters is 1. The molecule has 1 spiro atoms. The van der Waals surface area contributed by atoms with E-state index in [0.717, 1.165) is 23.1 Å². The van der Waals surface area contributed by atoms with Gasteiger partial charge in [-0.3, -0.25) is 4.79 Å². The smallest absolute Gasteiger partial charge is 0.339 e. The summed E-state index contributed by atoms with van der Waals surface area (Å²) < 4.78 is 18.9. The number of nitrogens with zero attached hydrogens (tertiary/aromatic N) is 1. The lowest BCUT2D eigenvalue weighted by molar-refractivity contribution is -0.0442. The zero-order chi connectivity index (χ0) is 20.7. The summed E-state index contributed by atoms with van der Waals surface area (Å²) in [4.78, 5) is 27.3. The zero-order valence-corrected chi connectivity index (χ0v) is 16.3. The number of fused-ring (bicyclic) bond motifs is 2. The molecule has 1 unspecified atom stereocenters. The molecule has 150 valence electrons. The molecule has 2 aliphatic heterocycles. The molecule has 0 saturated carbocycles. The third-order valence-electron chi connectivity index (χ3n) is 5.98. The second-order valence-electron chi connectivity index (χ2n) is 7.84. The highest BCUT2D eigenvalue weighted by Gasteiger charge is 2.48. The molecule has 5 rings (SSSR count). The van der Waals surface area contributed by atoms with E-state index in [1.54, 1.807) is 35.2 Å². The Kier molecular flexibility index (Phi) is 4.39. The van der Waals surface area contributed by atoms with Crippen molar-refractivity contribution in [2.24, 2.45) is 0 Å². The van der Waals surface area contributed by atoms with Crippen molar-refractivity contribution in [3.05, 3.63) is 95.3 Å². The molecule has 0 aliphatic carbocycles. The van der Waals surface area contributed by atoms with Gasteiger partial charge in [0.2, 0.25) is 0 Å². The summed E-state index contributed by atoms with van der Waals surface area (Å²) in [7, 11) is 0. The van der Waals surface area contributed by atoms with Gasteiger partial charge in [0, 0.05) is 17.7 Å². The number of carbonyl (C=O) groups is 2. The van der Waals surface area contributed by atoms with E-state index in [9.17, 15) is 14.0 Å². The predicted octanol–water partition coefficient (Wildman–Crippen LogP) is 4.79. The summed E-state index contributed by atoms with van der Waals surface area (Å²) in [6, 6.07) is 21.0. The normalized spacial score (nSPS) is 20.2. The van der Waals surface area contributed by atoms with Crippen LogP contribution in [0, 0.1) is 5.82 Å². The van der Waals surface area contributed by atoms with E-state index in [1.807, 2.05) is 30.3 Å². The monoisotopic (exact) mass is 401 g/mol. The number of piperidine rings is 1. The van der Waals surface area contributed by atoms with Crippen molar-refractivity contribution in [3.63, 3.8) is 0 Å². The Hall–Kier alpha value is -3.47. The van der Waals surface area contributed by atoms with Gasteiger partial charge in [-0.1, -0.05) is 42.5 Å². The average molecular weight is 401 g/mol. The lowest BCUT2D eigenvalue weighted by atomic mass is 9.85. The summed E-state index contributed by atoms with van der Waals surface area (Å²) in [5, 5.41) is 0. The van der Waals surface area contributed by atoms with Gasteiger partial charge in [-0.15, -0.1) is 0 Å². The summed E-state index contributed by atoms with van der Waals surface area (Å²) in [6.45, 7) is 0.980. The zero-order valence-electron chi connectivity index (χ0n) is 16.3. The maximum Gasteiger partial charge on any atom is 0.339 e. The first-order chi connectivity index (χ1) is 14.6. The Morgan fingerprint density at radius 1 is 0.933 bits per heavy atom. The molecule has 30 heavy (non-hydrogen) atoms. The number of hydrogen-bond acceptors (Lipinski definition) is 3. The Balaban J connectivity index is 1.38. The largest absolute Gasteiger partial charge is 0.449 e. The number of amides is 1. The molecule has 1 saturated heterocycles. The van der Waals surface area contributed by atoms with Gasteiger partial charge in [-0.2, -0.15) is 0 Å². The van der Waals surface area contributed by atoms with Crippen molar-refractivity contribution in [2.75, 3.05) is 13.1 Å². The maximum atomic E-state index is 13.2. The van der Waals surface area contributed by atoms with Gasteiger partial charge >= 0.3 is 5.97 Å². The van der Waals surface area contributed by atoms with E-state index < -0.39 is 5.60 Å². The Morgan fingerprint density at radius 2 is 1.60 bits per heavy atom. The first-order valence-corrected chi connectivity index (χ1v) is 10.0. The summed E-state index contributed by atoms with van der Waals surface area (Å²) in [6.07, 6.45) is 1.48. The average Bonchev–Trinajstić information content (AvgIpc) is 3.05. The quantitative estimate of drug-likeness (QED) is 0.580. The van der Waals surface area contributed by atoms with Crippen LogP contribution in [0.25, 0.3) is 11.1 Å². The van der Waals surface area contributed by atoms with Crippen molar-refractivity contribution in [1.29, 1.82) is 0 Å². The maximum absolute atomic E-state index is 13.2. The summed E-state index contributed by atoms with van der Waals surface area (Å²) in [5.41, 5.74) is 3.10. The third-order valence-corrected chi connectivity index (χ3v) is 5.98. The standard InChI is InChI=1S/C25H20FNO3/c26-20-12-10-18(11-13-20)17-6-8-19(9-7-17)23(28)27-15-3-14-25(16-27)22-5-2-1-4-21(22)24(29)30-25/h1-2,4-13H,3,14-16H2. The minimum Gasteiger partial charge on any atom is -0.449 e. The molecule has 1 amide bonds. The topological polar surface area (TPSA) is 46.6 Å². The Morgan fingerprint density at radius 3 is 2.33 bits per heavy atom. The molecule has 2 heterocycles. The number of likely N-dealkylation sites (tertiary alicyclic amines) is 1. The Labute approximate surface area is 173 Å². The van der Waals surface area contributed by atoms with Crippen LogP contribution in [-0.2, 0) is 10.3 Å². The predicted molar refractivity (Wildman–Crippen MR) is 111 cm³/mol. The van der Waals surface area contributed by atoms with Crippen molar-refractivity contribution >= 4 is 11.9 Å². The fourth-order valence-electron chi connectivity index (χ4n) is 4.47. The lowest BCUT2D eigenvalue weighted by Gasteiger charge is -2.39. The van der Waals surface area contributed by atoms with Crippen LogP contribution in [0.2, 0.25) is 0 Å². The number of benzene rings is 3. The van der Waals surface area contributed by atoms with Crippen molar-refractivity contribution in [2.45, 2.75) is 18.4 Å².